The average Bonchev–Trinajstić information content (AvgIpc) is 2.78. The Bertz CT molecular complexity index is 728. The third kappa shape index (κ3) is 7.85. The van der Waals surface area contributed by atoms with Gasteiger partial charge in [-0.25, -0.2) is 0 Å². The third-order valence-corrected chi connectivity index (χ3v) is 4.91. The first-order chi connectivity index (χ1) is 14.3. The third-order valence-electron chi connectivity index (χ3n) is 4.91. The number of morpholine rings is 1. The van der Waals surface area contributed by atoms with Crippen LogP contribution in [0.5, 0.6) is 0 Å². The molecule has 1 aliphatic heterocycles. The Morgan fingerprint density at radius 1 is 0.931 bits per heavy atom. The molecule has 0 amide bonds. The summed E-state index contributed by atoms with van der Waals surface area (Å²) in [5.74, 6) is 0.827. The summed E-state index contributed by atoms with van der Waals surface area (Å²) in [5, 5.41) is 6.75. The highest BCUT2D eigenvalue weighted by molar-refractivity contribution is 5.79. The minimum atomic E-state index is 0.618. The van der Waals surface area contributed by atoms with Crippen LogP contribution in [0.4, 0.5) is 0 Å². The van der Waals surface area contributed by atoms with E-state index in [1.807, 2.05) is 18.2 Å². The Hall–Kier alpha value is -2.41. The van der Waals surface area contributed by atoms with E-state index >= 15 is 0 Å². The van der Waals surface area contributed by atoms with Gasteiger partial charge < -0.3 is 20.1 Å². The molecule has 6 heteroatoms. The molecule has 1 saturated heterocycles. The molecule has 6 nitrogen and oxygen atoms in total. The number of nitrogens with zero attached hydrogens (tertiary/aromatic N) is 2. The Morgan fingerprint density at radius 3 is 2.28 bits per heavy atom. The molecule has 3 rings (SSSR count). The molecule has 0 spiro atoms. The number of aliphatic imine (C=N–C) groups is 1. The van der Waals surface area contributed by atoms with Crippen LogP contribution in [0, 0.1) is 0 Å². The molecule has 0 radical (unpaired) electrons. The molecule has 0 saturated carbocycles. The standard InChI is InChI=1S/C23H32N4O2/c1-24-23(25-11-12-27-13-15-28-16-14-27)26-17-20-7-9-22(10-8-20)19-29-18-21-5-3-2-4-6-21/h2-10H,11-19H2,1H3,(H2,24,25,26). The second-order valence-corrected chi connectivity index (χ2v) is 7.10. The molecule has 2 aromatic carbocycles. The Morgan fingerprint density at radius 2 is 1.59 bits per heavy atom. The molecule has 1 aliphatic rings. The SMILES string of the molecule is CN=C(NCCN1CCOCC1)NCc1ccc(COCc2ccccc2)cc1. The fraction of sp³-hybridized carbons (Fsp3) is 0.435. The van der Waals surface area contributed by atoms with Crippen LogP contribution in [0.15, 0.2) is 59.6 Å². The lowest BCUT2D eigenvalue weighted by atomic mass is 10.1. The predicted octanol–water partition coefficient (Wildman–Crippen LogP) is 2.40. The molecule has 0 atom stereocenters. The molecule has 1 fully saturated rings. The van der Waals surface area contributed by atoms with E-state index in [0.717, 1.165) is 51.9 Å². The van der Waals surface area contributed by atoms with Gasteiger partial charge in [0, 0.05) is 39.8 Å². The summed E-state index contributed by atoms with van der Waals surface area (Å²) >= 11 is 0. The van der Waals surface area contributed by atoms with Gasteiger partial charge in [-0.3, -0.25) is 9.89 Å². The first kappa shape index (κ1) is 21.3. The van der Waals surface area contributed by atoms with Crippen LogP contribution < -0.4 is 10.6 Å². The van der Waals surface area contributed by atoms with E-state index < -0.39 is 0 Å². The highest BCUT2D eigenvalue weighted by Gasteiger charge is 2.09. The van der Waals surface area contributed by atoms with Gasteiger partial charge >= 0.3 is 0 Å². The van der Waals surface area contributed by atoms with Gasteiger partial charge in [-0.2, -0.15) is 0 Å². The molecule has 0 aromatic heterocycles. The van der Waals surface area contributed by atoms with Crippen molar-refractivity contribution < 1.29 is 9.47 Å². The minimum absolute atomic E-state index is 0.618. The van der Waals surface area contributed by atoms with Crippen LogP contribution in [0.25, 0.3) is 0 Å². The van der Waals surface area contributed by atoms with Gasteiger partial charge in [0.25, 0.3) is 0 Å². The largest absolute Gasteiger partial charge is 0.379 e. The minimum Gasteiger partial charge on any atom is -0.379 e. The van der Waals surface area contributed by atoms with Crippen LogP contribution in [0.1, 0.15) is 16.7 Å². The smallest absolute Gasteiger partial charge is 0.191 e. The zero-order valence-corrected chi connectivity index (χ0v) is 17.3. The average molecular weight is 397 g/mol. The van der Waals surface area contributed by atoms with Gasteiger partial charge in [-0.05, 0) is 16.7 Å². The molecule has 156 valence electrons. The van der Waals surface area contributed by atoms with E-state index in [9.17, 15) is 0 Å². The van der Waals surface area contributed by atoms with E-state index in [0.29, 0.717) is 13.2 Å². The first-order valence-electron chi connectivity index (χ1n) is 10.3. The van der Waals surface area contributed by atoms with Crippen LogP contribution >= 0.6 is 0 Å². The molecule has 1 heterocycles. The van der Waals surface area contributed by atoms with Crippen molar-refractivity contribution in [3.8, 4) is 0 Å². The number of hydrogen-bond donors (Lipinski definition) is 2. The summed E-state index contributed by atoms with van der Waals surface area (Å²) in [7, 11) is 1.80. The first-order valence-corrected chi connectivity index (χ1v) is 10.3. The van der Waals surface area contributed by atoms with Crippen molar-refractivity contribution in [3.63, 3.8) is 0 Å². The van der Waals surface area contributed by atoms with E-state index in [1.165, 1.54) is 16.7 Å². The highest BCUT2D eigenvalue weighted by atomic mass is 16.5. The monoisotopic (exact) mass is 396 g/mol. The maximum Gasteiger partial charge on any atom is 0.191 e. The summed E-state index contributed by atoms with van der Waals surface area (Å²) in [4.78, 5) is 6.71. The van der Waals surface area contributed by atoms with Crippen molar-refractivity contribution in [2.75, 3.05) is 46.4 Å². The van der Waals surface area contributed by atoms with Crippen molar-refractivity contribution in [1.82, 2.24) is 15.5 Å². The van der Waals surface area contributed by atoms with Crippen LogP contribution in [0.3, 0.4) is 0 Å². The zero-order chi connectivity index (χ0) is 20.2. The molecule has 2 N–H and O–H groups in total. The lowest BCUT2D eigenvalue weighted by molar-refractivity contribution is 0.0389. The number of rotatable bonds is 9. The van der Waals surface area contributed by atoms with E-state index in [-0.39, 0.29) is 0 Å². The van der Waals surface area contributed by atoms with Gasteiger partial charge in [-0.15, -0.1) is 0 Å². The van der Waals surface area contributed by atoms with Gasteiger partial charge in [0.1, 0.15) is 0 Å². The summed E-state index contributed by atoms with van der Waals surface area (Å²) in [6, 6.07) is 18.8. The fourth-order valence-corrected chi connectivity index (χ4v) is 3.18. The second kappa shape index (κ2) is 12.2. The van der Waals surface area contributed by atoms with Crippen molar-refractivity contribution >= 4 is 5.96 Å². The van der Waals surface area contributed by atoms with Crippen LogP contribution in [0.2, 0.25) is 0 Å². The molecule has 0 bridgehead atoms. The van der Waals surface area contributed by atoms with Gasteiger partial charge in [0.05, 0.1) is 26.4 Å². The summed E-state index contributed by atoms with van der Waals surface area (Å²) in [6.07, 6.45) is 0. The molecule has 0 unspecified atom stereocenters. The fourth-order valence-electron chi connectivity index (χ4n) is 3.18. The number of benzene rings is 2. The number of guanidine groups is 1. The number of ether oxygens (including phenoxy) is 2. The van der Waals surface area contributed by atoms with Gasteiger partial charge in [0.2, 0.25) is 0 Å². The molecule has 29 heavy (non-hydrogen) atoms. The Kier molecular flexibility index (Phi) is 8.97. The molecule has 0 aliphatic carbocycles. The van der Waals surface area contributed by atoms with Gasteiger partial charge in [-0.1, -0.05) is 54.6 Å². The van der Waals surface area contributed by atoms with Crippen molar-refractivity contribution in [2.45, 2.75) is 19.8 Å². The molecular weight excluding hydrogens is 364 g/mol. The quantitative estimate of drug-likeness (QED) is 0.504. The lowest BCUT2D eigenvalue weighted by Crippen LogP contribution is -2.44. The summed E-state index contributed by atoms with van der Waals surface area (Å²) in [6.45, 7) is 7.55. The maximum absolute atomic E-state index is 5.80. The maximum atomic E-state index is 5.80. The number of hydrogen-bond acceptors (Lipinski definition) is 4. The van der Waals surface area contributed by atoms with E-state index in [4.69, 9.17) is 9.47 Å². The molecular formula is C23H32N4O2. The zero-order valence-electron chi connectivity index (χ0n) is 17.3. The van der Waals surface area contributed by atoms with Crippen LogP contribution in [-0.2, 0) is 29.2 Å². The van der Waals surface area contributed by atoms with Crippen LogP contribution in [-0.4, -0.2) is 57.3 Å². The van der Waals surface area contributed by atoms with Crippen molar-refractivity contribution in [3.05, 3.63) is 71.3 Å². The van der Waals surface area contributed by atoms with Gasteiger partial charge in [0.15, 0.2) is 5.96 Å². The lowest BCUT2D eigenvalue weighted by Gasteiger charge is -2.26. The number of nitrogens with one attached hydrogen (secondary N) is 2. The van der Waals surface area contributed by atoms with Crippen molar-refractivity contribution in [2.24, 2.45) is 4.99 Å². The normalized spacial score (nSPS) is 15.3. The highest BCUT2D eigenvalue weighted by Crippen LogP contribution is 2.08. The predicted molar refractivity (Wildman–Crippen MR) is 117 cm³/mol. The Balaban J connectivity index is 1.33. The summed E-state index contributed by atoms with van der Waals surface area (Å²) in [5.41, 5.74) is 3.59. The Labute approximate surface area is 173 Å². The van der Waals surface area contributed by atoms with E-state index in [2.05, 4.69) is 56.9 Å². The van der Waals surface area contributed by atoms with E-state index in [1.54, 1.807) is 7.05 Å². The topological polar surface area (TPSA) is 58.1 Å². The summed E-state index contributed by atoms with van der Waals surface area (Å²) < 4.78 is 11.2. The molecule has 2 aromatic rings. The second-order valence-electron chi connectivity index (χ2n) is 7.10. The van der Waals surface area contributed by atoms with Crippen molar-refractivity contribution in [1.29, 1.82) is 0 Å².